The van der Waals surface area contributed by atoms with Gasteiger partial charge in [-0.25, -0.2) is 12.8 Å². The van der Waals surface area contributed by atoms with Gasteiger partial charge in [-0.15, -0.1) is 0 Å². The summed E-state index contributed by atoms with van der Waals surface area (Å²) in [4.78, 5) is 0.155. The van der Waals surface area contributed by atoms with E-state index in [1.54, 1.807) is 24.3 Å². The summed E-state index contributed by atoms with van der Waals surface area (Å²) in [6.07, 6.45) is 0. The van der Waals surface area contributed by atoms with E-state index < -0.39 is 15.8 Å². The van der Waals surface area contributed by atoms with Crippen molar-refractivity contribution < 1.29 is 12.8 Å². The number of rotatable bonds is 4. The van der Waals surface area contributed by atoms with Crippen molar-refractivity contribution in [2.45, 2.75) is 11.8 Å². The predicted octanol–water partition coefficient (Wildman–Crippen LogP) is 4.60. The van der Waals surface area contributed by atoms with Crippen LogP contribution in [0, 0.1) is 12.7 Å². The lowest BCUT2D eigenvalue weighted by Gasteiger charge is -2.09. The van der Waals surface area contributed by atoms with E-state index in [2.05, 4.69) is 4.72 Å². The highest BCUT2D eigenvalue weighted by atomic mass is 32.2. The number of benzene rings is 3. The van der Waals surface area contributed by atoms with Gasteiger partial charge in [0.1, 0.15) is 5.82 Å². The third kappa shape index (κ3) is 3.63. The lowest BCUT2D eigenvalue weighted by atomic mass is 10.0. The maximum Gasteiger partial charge on any atom is 0.261 e. The summed E-state index contributed by atoms with van der Waals surface area (Å²) < 4.78 is 40.1. The Morgan fingerprint density at radius 2 is 1.25 bits per heavy atom. The second-order valence-corrected chi connectivity index (χ2v) is 7.19. The fourth-order valence-corrected chi connectivity index (χ4v) is 3.36. The molecule has 0 atom stereocenters. The van der Waals surface area contributed by atoms with Crippen molar-refractivity contribution in [1.82, 2.24) is 0 Å². The van der Waals surface area contributed by atoms with Crippen molar-refractivity contribution in [2.75, 3.05) is 4.72 Å². The maximum atomic E-state index is 12.9. The standard InChI is InChI=1S/C19H16FNO2S/c1-14-2-4-15(5-3-14)16-6-12-19(13-7-16)24(22,23)21-18-10-8-17(20)9-11-18/h2-13,21H,1H3. The zero-order valence-electron chi connectivity index (χ0n) is 13.0. The smallest absolute Gasteiger partial charge is 0.261 e. The molecule has 122 valence electrons. The predicted molar refractivity (Wildman–Crippen MR) is 93.8 cm³/mol. The fraction of sp³-hybridized carbons (Fsp3) is 0.0526. The monoisotopic (exact) mass is 341 g/mol. The van der Waals surface area contributed by atoms with E-state index in [1.807, 2.05) is 31.2 Å². The van der Waals surface area contributed by atoms with Gasteiger partial charge in [0.05, 0.1) is 4.90 Å². The molecule has 0 saturated carbocycles. The highest BCUT2D eigenvalue weighted by Gasteiger charge is 2.14. The zero-order chi connectivity index (χ0) is 17.2. The van der Waals surface area contributed by atoms with Gasteiger partial charge >= 0.3 is 0 Å². The first-order valence-electron chi connectivity index (χ1n) is 7.39. The van der Waals surface area contributed by atoms with Crippen LogP contribution in [0.5, 0.6) is 0 Å². The molecule has 0 aliphatic heterocycles. The average molecular weight is 341 g/mol. The van der Waals surface area contributed by atoms with Crippen molar-refractivity contribution in [1.29, 1.82) is 0 Å². The van der Waals surface area contributed by atoms with Gasteiger partial charge < -0.3 is 0 Å². The van der Waals surface area contributed by atoms with Gasteiger partial charge in [-0.2, -0.15) is 0 Å². The van der Waals surface area contributed by atoms with Gasteiger partial charge in [-0.3, -0.25) is 4.72 Å². The number of hydrogen-bond acceptors (Lipinski definition) is 2. The molecule has 3 nitrogen and oxygen atoms in total. The Kier molecular flexibility index (Phi) is 4.36. The molecule has 1 N–H and O–H groups in total. The highest BCUT2D eigenvalue weighted by molar-refractivity contribution is 7.92. The molecular formula is C19H16FNO2S. The van der Waals surface area contributed by atoms with Gasteiger partial charge in [-0.1, -0.05) is 42.0 Å². The van der Waals surface area contributed by atoms with Crippen LogP contribution in [0.15, 0.2) is 77.7 Å². The van der Waals surface area contributed by atoms with E-state index in [0.717, 1.165) is 11.1 Å². The molecule has 0 saturated heterocycles. The highest BCUT2D eigenvalue weighted by Crippen LogP contribution is 2.23. The van der Waals surface area contributed by atoms with E-state index in [9.17, 15) is 12.8 Å². The van der Waals surface area contributed by atoms with E-state index in [4.69, 9.17) is 0 Å². The third-order valence-electron chi connectivity index (χ3n) is 3.65. The van der Waals surface area contributed by atoms with Gasteiger partial charge in [0.15, 0.2) is 0 Å². The van der Waals surface area contributed by atoms with Crippen molar-refractivity contribution in [3.63, 3.8) is 0 Å². The number of sulfonamides is 1. The SMILES string of the molecule is Cc1ccc(-c2ccc(S(=O)(=O)Nc3ccc(F)cc3)cc2)cc1. The molecule has 0 unspecified atom stereocenters. The van der Waals surface area contributed by atoms with Gasteiger partial charge in [0, 0.05) is 5.69 Å². The number of halogens is 1. The molecule has 0 aliphatic rings. The van der Waals surface area contributed by atoms with Crippen molar-refractivity contribution >= 4 is 15.7 Å². The summed E-state index contributed by atoms with van der Waals surface area (Å²) >= 11 is 0. The molecule has 3 aromatic carbocycles. The first-order valence-corrected chi connectivity index (χ1v) is 8.88. The van der Waals surface area contributed by atoms with Crippen LogP contribution >= 0.6 is 0 Å². The second kappa shape index (κ2) is 6.45. The summed E-state index contributed by atoms with van der Waals surface area (Å²) in [6, 6.07) is 19.8. The third-order valence-corrected chi connectivity index (χ3v) is 5.04. The quantitative estimate of drug-likeness (QED) is 0.754. The van der Waals surface area contributed by atoms with Crippen molar-refractivity contribution in [3.8, 4) is 11.1 Å². The molecule has 0 heterocycles. The van der Waals surface area contributed by atoms with Crippen LogP contribution in [0.2, 0.25) is 0 Å². The Balaban J connectivity index is 1.83. The molecule has 0 fully saturated rings. The Morgan fingerprint density at radius 1 is 0.750 bits per heavy atom. The van der Waals surface area contributed by atoms with Crippen LogP contribution in [0.25, 0.3) is 11.1 Å². The number of nitrogens with one attached hydrogen (secondary N) is 1. The van der Waals surface area contributed by atoms with E-state index in [1.165, 1.54) is 29.8 Å². The van der Waals surface area contributed by atoms with E-state index >= 15 is 0 Å². The normalized spacial score (nSPS) is 11.2. The molecule has 0 spiro atoms. The van der Waals surface area contributed by atoms with Gasteiger partial charge in [-0.05, 0) is 54.4 Å². The number of aryl methyl sites for hydroxylation is 1. The molecule has 0 bridgehead atoms. The summed E-state index contributed by atoms with van der Waals surface area (Å²) in [5.74, 6) is -0.416. The lowest BCUT2D eigenvalue weighted by Crippen LogP contribution is -2.12. The first kappa shape index (κ1) is 16.2. The summed E-state index contributed by atoms with van der Waals surface area (Å²) in [6.45, 7) is 2.01. The molecule has 0 radical (unpaired) electrons. The number of hydrogen-bond donors (Lipinski definition) is 1. The Bertz CT molecular complexity index is 932. The number of anilines is 1. The van der Waals surface area contributed by atoms with Gasteiger partial charge in [0.25, 0.3) is 10.0 Å². The minimum Gasteiger partial charge on any atom is -0.280 e. The molecule has 5 heteroatoms. The molecule has 0 aromatic heterocycles. The summed E-state index contributed by atoms with van der Waals surface area (Å²) in [5.41, 5.74) is 3.45. The fourth-order valence-electron chi connectivity index (χ4n) is 2.30. The van der Waals surface area contributed by atoms with Crippen LogP contribution in [0.4, 0.5) is 10.1 Å². The topological polar surface area (TPSA) is 46.2 Å². The first-order chi connectivity index (χ1) is 11.4. The minimum absolute atomic E-state index is 0.155. The molecule has 0 amide bonds. The molecular weight excluding hydrogens is 325 g/mol. The Hall–Kier alpha value is -2.66. The van der Waals surface area contributed by atoms with Crippen LogP contribution in [0.1, 0.15) is 5.56 Å². The molecule has 0 aliphatic carbocycles. The molecule has 24 heavy (non-hydrogen) atoms. The second-order valence-electron chi connectivity index (χ2n) is 5.50. The van der Waals surface area contributed by atoms with Crippen molar-refractivity contribution in [3.05, 3.63) is 84.2 Å². The van der Waals surface area contributed by atoms with Crippen molar-refractivity contribution in [2.24, 2.45) is 0 Å². The lowest BCUT2D eigenvalue weighted by molar-refractivity contribution is 0.601. The molecule has 3 rings (SSSR count). The van der Waals surface area contributed by atoms with Crippen LogP contribution in [0.3, 0.4) is 0 Å². The van der Waals surface area contributed by atoms with Crippen LogP contribution < -0.4 is 4.72 Å². The average Bonchev–Trinajstić information content (AvgIpc) is 2.58. The van der Waals surface area contributed by atoms with Crippen LogP contribution in [-0.4, -0.2) is 8.42 Å². The minimum atomic E-state index is -3.70. The Morgan fingerprint density at radius 3 is 1.79 bits per heavy atom. The Labute approximate surface area is 140 Å². The maximum absolute atomic E-state index is 12.9. The van der Waals surface area contributed by atoms with Gasteiger partial charge in [0.2, 0.25) is 0 Å². The van der Waals surface area contributed by atoms with E-state index in [0.29, 0.717) is 5.69 Å². The van der Waals surface area contributed by atoms with E-state index in [-0.39, 0.29) is 4.90 Å². The zero-order valence-corrected chi connectivity index (χ0v) is 13.8. The largest absolute Gasteiger partial charge is 0.280 e. The summed E-state index contributed by atoms with van der Waals surface area (Å²) in [5, 5.41) is 0. The van der Waals surface area contributed by atoms with Crippen LogP contribution in [-0.2, 0) is 10.0 Å². The summed E-state index contributed by atoms with van der Waals surface area (Å²) in [7, 11) is -3.70. The molecule has 3 aromatic rings.